The fourth-order valence-electron chi connectivity index (χ4n) is 1.80. The summed E-state index contributed by atoms with van der Waals surface area (Å²) >= 11 is 6.18. The van der Waals surface area contributed by atoms with Gasteiger partial charge in [-0.25, -0.2) is 0 Å². The van der Waals surface area contributed by atoms with Gasteiger partial charge >= 0.3 is 0 Å². The van der Waals surface area contributed by atoms with Gasteiger partial charge in [-0.3, -0.25) is 4.57 Å². The van der Waals surface area contributed by atoms with Gasteiger partial charge in [0.2, 0.25) is 5.28 Å². The molecule has 0 spiro atoms. The van der Waals surface area contributed by atoms with Crippen molar-refractivity contribution in [2.24, 2.45) is 0 Å². The Hall–Kier alpha value is -0.570. The maximum Gasteiger partial charge on any atom is 0.225 e. The van der Waals surface area contributed by atoms with Crippen LogP contribution >= 0.6 is 11.6 Å². The molecular weight excluding hydrogens is 222 g/mol. The molecule has 0 bridgehead atoms. The van der Waals surface area contributed by atoms with Gasteiger partial charge in [0.25, 0.3) is 0 Å². The summed E-state index contributed by atoms with van der Waals surface area (Å²) in [6, 6.07) is 0. The molecule has 16 heavy (non-hydrogen) atoms. The van der Waals surface area contributed by atoms with E-state index in [1.165, 1.54) is 0 Å². The second-order valence-corrected chi connectivity index (χ2v) is 5.92. The van der Waals surface area contributed by atoms with E-state index in [-0.39, 0.29) is 11.0 Å². The van der Waals surface area contributed by atoms with Crippen molar-refractivity contribution in [3.8, 4) is 0 Å². The molecule has 1 aromatic heterocycles. The molecule has 0 saturated heterocycles. The molecule has 1 rings (SSSR count). The zero-order valence-corrected chi connectivity index (χ0v) is 11.9. The van der Waals surface area contributed by atoms with Gasteiger partial charge in [0, 0.05) is 11.0 Å². The first-order chi connectivity index (χ1) is 7.26. The van der Waals surface area contributed by atoms with Gasteiger partial charge in [-0.1, -0.05) is 34.6 Å². The van der Waals surface area contributed by atoms with Crippen LogP contribution in [-0.2, 0) is 11.0 Å². The Morgan fingerprint density at radius 3 is 1.94 bits per heavy atom. The van der Waals surface area contributed by atoms with E-state index in [1.54, 1.807) is 0 Å². The molecule has 3 nitrogen and oxygen atoms in total. The fraction of sp³-hybridized carbons (Fsp3) is 0.833. The van der Waals surface area contributed by atoms with Crippen LogP contribution in [0.2, 0.25) is 5.28 Å². The molecule has 92 valence electrons. The SMILES string of the molecule is CCC(C)(CC)n1c(Cl)nnc1C(C)(C)C. The maximum atomic E-state index is 6.18. The molecule has 0 unspecified atom stereocenters. The molecule has 1 aromatic rings. The van der Waals surface area contributed by atoms with Gasteiger partial charge in [0.05, 0.1) is 0 Å². The van der Waals surface area contributed by atoms with E-state index >= 15 is 0 Å². The van der Waals surface area contributed by atoms with E-state index in [4.69, 9.17) is 11.6 Å². The molecule has 0 aliphatic heterocycles. The quantitative estimate of drug-likeness (QED) is 0.809. The molecule has 4 heteroatoms. The zero-order valence-electron chi connectivity index (χ0n) is 11.1. The molecule has 0 aliphatic carbocycles. The molecule has 1 heterocycles. The molecule has 0 aliphatic rings. The predicted molar refractivity (Wildman–Crippen MR) is 68.0 cm³/mol. The normalized spacial score (nSPS) is 13.2. The van der Waals surface area contributed by atoms with Crippen LogP contribution in [0.1, 0.15) is 60.2 Å². The van der Waals surface area contributed by atoms with E-state index in [2.05, 4.69) is 56.3 Å². The van der Waals surface area contributed by atoms with Crippen LogP contribution in [0.25, 0.3) is 0 Å². The minimum Gasteiger partial charge on any atom is -0.295 e. The van der Waals surface area contributed by atoms with Crippen molar-refractivity contribution < 1.29 is 0 Å². The summed E-state index contributed by atoms with van der Waals surface area (Å²) in [4.78, 5) is 0. The summed E-state index contributed by atoms with van der Waals surface area (Å²) in [6.45, 7) is 13.0. The van der Waals surface area contributed by atoms with Crippen molar-refractivity contribution in [1.29, 1.82) is 0 Å². The van der Waals surface area contributed by atoms with Crippen LogP contribution < -0.4 is 0 Å². The smallest absolute Gasteiger partial charge is 0.225 e. The highest BCUT2D eigenvalue weighted by atomic mass is 35.5. The highest BCUT2D eigenvalue weighted by molar-refractivity contribution is 6.28. The second-order valence-electron chi connectivity index (χ2n) is 5.58. The molecule has 0 saturated carbocycles. The van der Waals surface area contributed by atoms with E-state index in [9.17, 15) is 0 Å². The maximum absolute atomic E-state index is 6.18. The van der Waals surface area contributed by atoms with Crippen molar-refractivity contribution in [3.05, 3.63) is 11.1 Å². The Kier molecular flexibility index (Phi) is 3.68. The zero-order chi connectivity index (χ0) is 12.6. The number of rotatable bonds is 3. The van der Waals surface area contributed by atoms with Gasteiger partial charge in [-0.15, -0.1) is 10.2 Å². The van der Waals surface area contributed by atoms with Crippen molar-refractivity contribution in [2.75, 3.05) is 0 Å². The minimum atomic E-state index is -0.0360. The second kappa shape index (κ2) is 4.36. The Labute approximate surface area is 103 Å². The molecule has 0 N–H and O–H groups in total. The third kappa shape index (κ3) is 2.24. The number of halogens is 1. The van der Waals surface area contributed by atoms with Crippen LogP contribution in [0, 0.1) is 0 Å². The van der Waals surface area contributed by atoms with Crippen LogP contribution in [-0.4, -0.2) is 14.8 Å². The predicted octanol–water partition coefficient (Wildman–Crippen LogP) is 3.76. The van der Waals surface area contributed by atoms with Crippen LogP contribution in [0.4, 0.5) is 0 Å². The van der Waals surface area contributed by atoms with E-state index in [1.807, 2.05) is 0 Å². The van der Waals surface area contributed by atoms with Crippen molar-refractivity contribution in [3.63, 3.8) is 0 Å². The Bertz CT molecular complexity index is 359. The van der Waals surface area contributed by atoms with Crippen molar-refractivity contribution >= 4 is 11.6 Å². The molecule has 0 fully saturated rings. The first-order valence-electron chi connectivity index (χ1n) is 5.88. The minimum absolute atomic E-state index is 0.00317. The summed E-state index contributed by atoms with van der Waals surface area (Å²) < 4.78 is 2.09. The summed E-state index contributed by atoms with van der Waals surface area (Å²) in [5.74, 6) is 0.962. The summed E-state index contributed by atoms with van der Waals surface area (Å²) in [5.41, 5.74) is -0.0328. The third-order valence-electron chi connectivity index (χ3n) is 3.36. The monoisotopic (exact) mass is 243 g/mol. The Balaban J connectivity index is 3.37. The molecule has 0 radical (unpaired) electrons. The van der Waals surface area contributed by atoms with Crippen LogP contribution in [0.15, 0.2) is 0 Å². The summed E-state index contributed by atoms with van der Waals surface area (Å²) in [7, 11) is 0. The Morgan fingerprint density at radius 2 is 1.56 bits per heavy atom. The van der Waals surface area contributed by atoms with Crippen molar-refractivity contribution in [1.82, 2.24) is 14.8 Å². The van der Waals surface area contributed by atoms with Crippen LogP contribution in [0.5, 0.6) is 0 Å². The number of hydrogen-bond acceptors (Lipinski definition) is 2. The van der Waals surface area contributed by atoms with Crippen molar-refractivity contribution in [2.45, 2.75) is 65.3 Å². The van der Waals surface area contributed by atoms with Gasteiger partial charge in [0.1, 0.15) is 5.82 Å². The topological polar surface area (TPSA) is 30.7 Å². The lowest BCUT2D eigenvalue weighted by atomic mass is 9.90. The lowest BCUT2D eigenvalue weighted by Gasteiger charge is -2.33. The van der Waals surface area contributed by atoms with E-state index in [0.717, 1.165) is 18.7 Å². The first-order valence-corrected chi connectivity index (χ1v) is 6.26. The van der Waals surface area contributed by atoms with E-state index < -0.39 is 0 Å². The average molecular weight is 244 g/mol. The lowest BCUT2D eigenvalue weighted by Crippen LogP contribution is -2.34. The van der Waals surface area contributed by atoms with Crippen LogP contribution in [0.3, 0.4) is 0 Å². The number of nitrogens with zero attached hydrogens (tertiary/aromatic N) is 3. The average Bonchev–Trinajstić information content (AvgIpc) is 2.59. The first kappa shape index (κ1) is 13.5. The van der Waals surface area contributed by atoms with Gasteiger partial charge in [0.15, 0.2) is 0 Å². The van der Waals surface area contributed by atoms with Gasteiger partial charge < -0.3 is 0 Å². The fourth-order valence-corrected chi connectivity index (χ4v) is 2.12. The largest absolute Gasteiger partial charge is 0.295 e. The number of hydrogen-bond donors (Lipinski definition) is 0. The van der Waals surface area contributed by atoms with E-state index in [0.29, 0.717) is 5.28 Å². The highest BCUT2D eigenvalue weighted by Crippen LogP contribution is 2.33. The number of aromatic nitrogens is 3. The summed E-state index contributed by atoms with van der Waals surface area (Å²) in [5, 5.41) is 8.75. The summed E-state index contributed by atoms with van der Waals surface area (Å²) in [6.07, 6.45) is 2.04. The lowest BCUT2D eigenvalue weighted by molar-refractivity contribution is 0.271. The standard InChI is InChI=1S/C12H22ClN3/c1-7-12(6,8-2)16-9(11(3,4)5)14-15-10(16)13/h7-8H2,1-6H3. The highest BCUT2D eigenvalue weighted by Gasteiger charge is 2.32. The van der Waals surface area contributed by atoms with Gasteiger partial charge in [-0.2, -0.15) is 0 Å². The Morgan fingerprint density at radius 1 is 1.06 bits per heavy atom. The molecule has 0 aromatic carbocycles. The third-order valence-corrected chi connectivity index (χ3v) is 3.60. The molecule has 0 amide bonds. The van der Waals surface area contributed by atoms with Gasteiger partial charge in [-0.05, 0) is 31.4 Å². The molecule has 0 atom stereocenters. The molecular formula is C12H22ClN3.